The number of nitrogens with zero attached hydrogens (tertiary/aromatic N) is 1. The summed E-state index contributed by atoms with van der Waals surface area (Å²) in [5, 5.41) is 3.67. The normalized spacial score (nSPS) is 13.5. The Morgan fingerprint density at radius 2 is 1.74 bits per heavy atom. The summed E-state index contributed by atoms with van der Waals surface area (Å²) in [7, 11) is 0. The molecule has 0 aliphatic heterocycles. The van der Waals surface area contributed by atoms with Crippen LogP contribution >= 0.6 is 0 Å². The maximum Gasteiger partial charge on any atom is 0.339 e. The topological polar surface area (TPSA) is 68.3 Å². The molecule has 1 heterocycles. The summed E-state index contributed by atoms with van der Waals surface area (Å²) in [6.07, 6.45) is 4.90. The second-order valence-corrected chi connectivity index (χ2v) is 8.36. The molecule has 0 fully saturated rings. The predicted octanol–water partition coefficient (Wildman–Crippen LogP) is 5.42. The van der Waals surface area contributed by atoms with E-state index >= 15 is 0 Å². The highest BCUT2D eigenvalue weighted by molar-refractivity contribution is 6.06. The second-order valence-electron chi connectivity index (χ2n) is 8.36. The number of fused-ring (bicyclic) bond motifs is 2. The first-order chi connectivity index (χ1) is 15.0. The van der Waals surface area contributed by atoms with Gasteiger partial charge in [0.25, 0.3) is 5.91 Å². The van der Waals surface area contributed by atoms with E-state index in [1.165, 1.54) is 0 Å². The standard InChI is InChI=1S/C26H28N2O3/c1-17(2)18-10-6-8-14-21(18)28-24(29)16-31-26(30)25-19-11-4-3-5-13-22(19)27-23-15-9-7-12-20(23)25/h6-10,12,14-15,17H,3-5,11,13,16H2,1-2H3,(H,28,29). The minimum atomic E-state index is -0.455. The fourth-order valence-electron chi connectivity index (χ4n) is 4.29. The van der Waals surface area contributed by atoms with Gasteiger partial charge in [-0.05, 0) is 54.9 Å². The van der Waals surface area contributed by atoms with E-state index in [1.807, 2.05) is 48.5 Å². The van der Waals surface area contributed by atoms with Gasteiger partial charge < -0.3 is 10.1 Å². The lowest BCUT2D eigenvalue weighted by Gasteiger charge is -2.16. The lowest BCUT2D eigenvalue weighted by Crippen LogP contribution is -2.22. The van der Waals surface area contributed by atoms with Crippen molar-refractivity contribution in [3.8, 4) is 0 Å². The molecule has 0 unspecified atom stereocenters. The molecule has 5 nitrogen and oxygen atoms in total. The average Bonchev–Trinajstić information content (AvgIpc) is 3.01. The van der Waals surface area contributed by atoms with Gasteiger partial charge in [0.1, 0.15) is 0 Å². The Morgan fingerprint density at radius 3 is 2.58 bits per heavy atom. The molecular weight excluding hydrogens is 388 g/mol. The lowest BCUT2D eigenvalue weighted by molar-refractivity contribution is -0.119. The number of ether oxygens (including phenoxy) is 1. The first kappa shape index (κ1) is 21.0. The van der Waals surface area contributed by atoms with Crippen LogP contribution in [0.5, 0.6) is 0 Å². The van der Waals surface area contributed by atoms with E-state index in [2.05, 4.69) is 19.2 Å². The first-order valence-corrected chi connectivity index (χ1v) is 11.0. The molecule has 0 radical (unpaired) electrons. The van der Waals surface area contributed by atoms with E-state index in [1.54, 1.807) is 0 Å². The van der Waals surface area contributed by atoms with Gasteiger partial charge in [0.05, 0.1) is 11.1 Å². The Labute approximate surface area is 182 Å². The second kappa shape index (κ2) is 9.29. The molecule has 5 heteroatoms. The Bertz CT molecular complexity index is 1120. The molecule has 31 heavy (non-hydrogen) atoms. The molecule has 1 aliphatic carbocycles. The molecule has 1 aliphatic rings. The Balaban J connectivity index is 1.55. The van der Waals surface area contributed by atoms with Gasteiger partial charge in [-0.2, -0.15) is 0 Å². The molecule has 1 amide bonds. The van der Waals surface area contributed by atoms with Crippen LogP contribution in [-0.4, -0.2) is 23.5 Å². The van der Waals surface area contributed by atoms with Gasteiger partial charge in [0.2, 0.25) is 0 Å². The van der Waals surface area contributed by atoms with Crippen molar-refractivity contribution >= 4 is 28.5 Å². The fraction of sp³-hybridized carbons (Fsp3) is 0.346. The van der Waals surface area contributed by atoms with Gasteiger partial charge in [-0.15, -0.1) is 0 Å². The van der Waals surface area contributed by atoms with Gasteiger partial charge in [-0.25, -0.2) is 4.79 Å². The van der Waals surface area contributed by atoms with Crippen LogP contribution in [0.3, 0.4) is 0 Å². The highest BCUT2D eigenvalue weighted by Crippen LogP contribution is 2.29. The molecule has 4 rings (SSSR count). The van der Waals surface area contributed by atoms with Crippen LogP contribution in [0.4, 0.5) is 5.69 Å². The smallest absolute Gasteiger partial charge is 0.339 e. The largest absolute Gasteiger partial charge is 0.452 e. The van der Waals surface area contributed by atoms with E-state index < -0.39 is 5.97 Å². The van der Waals surface area contributed by atoms with Crippen LogP contribution in [0.15, 0.2) is 48.5 Å². The number of hydrogen-bond donors (Lipinski definition) is 1. The number of nitrogens with one attached hydrogen (secondary N) is 1. The van der Waals surface area contributed by atoms with Crippen molar-refractivity contribution in [3.63, 3.8) is 0 Å². The van der Waals surface area contributed by atoms with Crippen LogP contribution in [0.1, 0.15) is 66.2 Å². The number of pyridine rings is 1. The Hall–Kier alpha value is -3.21. The van der Waals surface area contributed by atoms with E-state index in [4.69, 9.17) is 9.72 Å². The van der Waals surface area contributed by atoms with Crippen molar-refractivity contribution < 1.29 is 14.3 Å². The monoisotopic (exact) mass is 416 g/mol. The summed E-state index contributed by atoms with van der Waals surface area (Å²) < 4.78 is 5.50. The zero-order valence-electron chi connectivity index (χ0n) is 18.1. The summed E-state index contributed by atoms with van der Waals surface area (Å²) in [5.41, 5.74) is 5.13. The molecule has 0 bridgehead atoms. The molecule has 1 aromatic heterocycles. The fourth-order valence-corrected chi connectivity index (χ4v) is 4.29. The van der Waals surface area contributed by atoms with Crippen molar-refractivity contribution in [2.45, 2.75) is 51.9 Å². The number of aromatic nitrogens is 1. The SMILES string of the molecule is CC(C)c1ccccc1NC(=O)COC(=O)c1c2c(nc3ccccc13)CCCCC2. The zero-order chi connectivity index (χ0) is 21.8. The number of carbonyl (C=O) groups excluding carboxylic acids is 2. The molecular formula is C26H28N2O3. The van der Waals surface area contributed by atoms with Crippen molar-refractivity contribution in [2.24, 2.45) is 0 Å². The van der Waals surface area contributed by atoms with Gasteiger partial charge in [0.15, 0.2) is 6.61 Å². The minimum Gasteiger partial charge on any atom is -0.452 e. The number of rotatable bonds is 5. The Morgan fingerprint density at radius 1 is 1.00 bits per heavy atom. The van der Waals surface area contributed by atoms with E-state index in [-0.39, 0.29) is 18.4 Å². The number of benzene rings is 2. The van der Waals surface area contributed by atoms with E-state index in [0.717, 1.165) is 65.5 Å². The van der Waals surface area contributed by atoms with Crippen LogP contribution in [0.2, 0.25) is 0 Å². The number of hydrogen-bond acceptors (Lipinski definition) is 4. The van der Waals surface area contributed by atoms with E-state index in [9.17, 15) is 9.59 Å². The summed E-state index contributed by atoms with van der Waals surface area (Å²) in [6.45, 7) is 3.83. The van der Waals surface area contributed by atoms with E-state index in [0.29, 0.717) is 5.56 Å². The maximum absolute atomic E-state index is 13.1. The third-order valence-corrected chi connectivity index (χ3v) is 5.81. The number of carbonyl (C=O) groups is 2. The molecule has 0 spiro atoms. The highest BCUT2D eigenvalue weighted by Gasteiger charge is 2.23. The predicted molar refractivity (Wildman–Crippen MR) is 122 cm³/mol. The average molecular weight is 417 g/mol. The third kappa shape index (κ3) is 4.61. The zero-order valence-corrected chi connectivity index (χ0v) is 18.1. The molecule has 160 valence electrons. The Kier molecular flexibility index (Phi) is 6.31. The molecule has 0 saturated heterocycles. The molecule has 2 aromatic carbocycles. The number of aryl methyl sites for hydroxylation is 1. The number of amides is 1. The molecule has 3 aromatic rings. The number of para-hydroxylation sites is 2. The molecule has 0 atom stereocenters. The van der Waals surface area contributed by atoms with Crippen LogP contribution in [0.25, 0.3) is 10.9 Å². The summed E-state index contributed by atoms with van der Waals surface area (Å²) in [6, 6.07) is 15.3. The number of esters is 1. The summed E-state index contributed by atoms with van der Waals surface area (Å²) in [5.74, 6) is -0.521. The van der Waals surface area contributed by atoms with Crippen molar-refractivity contribution in [2.75, 3.05) is 11.9 Å². The summed E-state index contributed by atoms with van der Waals surface area (Å²) >= 11 is 0. The molecule has 0 saturated carbocycles. The lowest BCUT2D eigenvalue weighted by atomic mass is 9.97. The summed E-state index contributed by atoms with van der Waals surface area (Å²) in [4.78, 5) is 30.5. The van der Waals surface area contributed by atoms with Crippen molar-refractivity contribution in [3.05, 3.63) is 70.9 Å². The van der Waals surface area contributed by atoms with Crippen molar-refractivity contribution in [1.29, 1.82) is 0 Å². The van der Waals surface area contributed by atoms with Crippen molar-refractivity contribution in [1.82, 2.24) is 4.98 Å². The number of anilines is 1. The minimum absolute atomic E-state index is 0.276. The highest BCUT2D eigenvalue weighted by atomic mass is 16.5. The molecule has 1 N–H and O–H groups in total. The maximum atomic E-state index is 13.1. The first-order valence-electron chi connectivity index (χ1n) is 11.0. The van der Waals surface area contributed by atoms with Gasteiger partial charge in [0, 0.05) is 16.8 Å². The van der Waals surface area contributed by atoms with Gasteiger partial charge in [-0.3, -0.25) is 9.78 Å². The van der Waals surface area contributed by atoms with Crippen LogP contribution in [-0.2, 0) is 22.4 Å². The van der Waals surface area contributed by atoms with Gasteiger partial charge in [-0.1, -0.05) is 56.7 Å². The van der Waals surface area contributed by atoms with Crippen LogP contribution < -0.4 is 5.32 Å². The quantitative estimate of drug-likeness (QED) is 0.445. The van der Waals surface area contributed by atoms with Gasteiger partial charge >= 0.3 is 5.97 Å². The van der Waals surface area contributed by atoms with Crippen LogP contribution in [0, 0.1) is 0 Å². The third-order valence-electron chi connectivity index (χ3n) is 5.81.